The number of rotatable bonds is 3. The quantitative estimate of drug-likeness (QED) is 0.828. The smallest absolute Gasteiger partial charge is 0.243 e. The van der Waals surface area contributed by atoms with E-state index in [-0.39, 0.29) is 11.8 Å². The highest BCUT2D eigenvalue weighted by Crippen LogP contribution is 2.26. The maximum Gasteiger partial charge on any atom is 0.243 e. The van der Waals surface area contributed by atoms with Gasteiger partial charge in [0.2, 0.25) is 15.9 Å². The molecule has 1 unspecified atom stereocenters. The van der Waals surface area contributed by atoms with E-state index in [4.69, 9.17) is 0 Å². The zero-order valence-corrected chi connectivity index (χ0v) is 16.0. The second kappa shape index (κ2) is 7.46. The van der Waals surface area contributed by atoms with Gasteiger partial charge >= 0.3 is 0 Å². The van der Waals surface area contributed by atoms with Crippen LogP contribution in [0.15, 0.2) is 29.2 Å². The van der Waals surface area contributed by atoms with Crippen molar-refractivity contribution in [3.05, 3.63) is 29.8 Å². The molecule has 5 nitrogen and oxygen atoms in total. The van der Waals surface area contributed by atoms with E-state index in [9.17, 15) is 13.2 Å². The summed E-state index contributed by atoms with van der Waals surface area (Å²) in [5, 5.41) is 0. The van der Waals surface area contributed by atoms with Gasteiger partial charge in [-0.25, -0.2) is 8.42 Å². The fourth-order valence-electron chi connectivity index (χ4n) is 3.71. The Kier molecular flexibility index (Phi) is 5.49. The molecule has 25 heavy (non-hydrogen) atoms. The Balaban J connectivity index is 1.70. The molecular formula is C19H28N2O3S. The normalized spacial score (nSPS) is 23.6. The van der Waals surface area contributed by atoms with Gasteiger partial charge in [-0.1, -0.05) is 24.6 Å². The summed E-state index contributed by atoms with van der Waals surface area (Å²) in [5.41, 5.74) is 1.03. The summed E-state index contributed by atoms with van der Waals surface area (Å²) >= 11 is 0. The lowest BCUT2D eigenvalue weighted by molar-refractivity contribution is -0.138. The molecule has 0 bridgehead atoms. The highest BCUT2D eigenvalue weighted by molar-refractivity contribution is 7.89. The summed E-state index contributed by atoms with van der Waals surface area (Å²) in [5.74, 6) is 0.604. The molecule has 0 spiro atoms. The summed E-state index contributed by atoms with van der Waals surface area (Å²) < 4.78 is 27.3. The van der Waals surface area contributed by atoms with Gasteiger partial charge in [-0.2, -0.15) is 4.31 Å². The van der Waals surface area contributed by atoms with Crippen molar-refractivity contribution in [3.63, 3.8) is 0 Å². The van der Waals surface area contributed by atoms with E-state index in [1.165, 1.54) is 4.31 Å². The van der Waals surface area contributed by atoms with Crippen LogP contribution in [0.1, 0.15) is 38.2 Å². The van der Waals surface area contributed by atoms with Crippen molar-refractivity contribution >= 4 is 15.9 Å². The number of aryl methyl sites for hydroxylation is 1. The fraction of sp³-hybridized carbons (Fsp3) is 0.632. The number of piperidine rings is 2. The summed E-state index contributed by atoms with van der Waals surface area (Å²) in [7, 11) is -3.52. The van der Waals surface area contributed by atoms with E-state index >= 15 is 0 Å². The van der Waals surface area contributed by atoms with Gasteiger partial charge in [-0.05, 0) is 50.7 Å². The van der Waals surface area contributed by atoms with Crippen molar-refractivity contribution in [3.8, 4) is 0 Å². The summed E-state index contributed by atoms with van der Waals surface area (Å²) in [6.45, 7) is 6.57. The van der Waals surface area contributed by atoms with Gasteiger partial charge < -0.3 is 4.90 Å². The number of amides is 1. The molecule has 0 N–H and O–H groups in total. The SMILES string of the molecule is Cc1ccc(S(=O)(=O)N2CCCC(C(=O)N3CCC(C)CC3)C2)cc1. The third kappa shape index (κ3) is 4.06. The van der Waals surface area contributed by atoms with Crippen molar-refractivity contribution in [2.24, 2.45) is 11.8 Å². The molecule has 1 aromatic carbocycles. The molecule has 2 aliphatic heterocycles. The number of carbonyl (C=O) groups excluding carboxylic acids is 1. The fourth-order valence-corrected chi connectivity index (χ4v) is 5.23. The number of sulfonamides is 1. The van der Waals surface area contributed by atoms with Crippen LogP contribution < -0.4 is 0 Å². The minimum absolute atomic E-state index is 0.135. The summed E-state index contributed by atoms with van der Waals surface area (Å²) in [4.78, 5) is 15.1. The molecule has 1 amide bonds. The van der Waals surface area contributed by atoms with E-state index < -0.39 is 10.0 Å². The first-order valence-electron chi connectivity index (χ1n) is 9.23. The maximum atomic E-state index is 12.9. The first-order valence-corrected chi connectivity index (χ1v) is 10.7. The largest absolute Gasteiger partial charge is 0.342 e. The van der Waals surface area contributed by atoms with Gasteiger partial charge in [0.25, 0.3) is 0 Å². The monoisotopic (exact) mass is 364 g/mol. The zero-order chi connectivity index (χ0) is 18.0. The second-order valence-electron chi connectivity index (χ2n) is 7.52. The lowest BCUT2D eigenvalue weighted by Crippen LogP contribution is -2.48. The van der Waals surface area contributed by atoms with Crippen molar-refractivity contribution in [1.82, 2.24) is 9.21 Å². The van der Waals surface area contributed by atoms with Crippen molar-refractivity contribution < 1.29 is 13.2 Å². The van der Waals surface area contributed by atoms with E-state index in [2.05, 4.69) is 6.92 Å². The molecule has 6 heteroatoms. The molecule has 3 rings (SSSR count). The Bertz CT molecular complexity index is 707. The summed E-state index contributed by atoms with van der Waals surface area (Å²) in [6, 6.07) is 6.94. The Morgan fingerprint density at radius 3 is 2.32 bits per heavy atom. The van der Waals surface area contributed by atoms with Gasteiger partial charge in [-0.3, -0.25) is 4.79 Å². The van der Waals surface area contributed by atoms with Crippen molar-refractivity contribution in [2.45, 2.75) is 44.4 Å². The lowest BCUT2D eigenvalue weighted by Gasteiger charge is -2.36. The molecule has 138 valence electrons. The lowest BCUT2D eigenvalue weighted by atomic mass is 9.94. The molecule has 1 aromatic rings. The third-order valence-electron chi connectivity index (χ3n) is 5.49. The van der Waals surface area contributed by atoms with Crippen LogP contribution >= 0.6 is 0 Å². The van der Waals surface area contributed by atoms with E-state index in [0.29, 0.717) is 23.9 Å². The predicted molar refractivity (Wildman–Crippen MR) is 97.6 cm³/mol. The number of hydrogen-bond acceptors (Lipinski definition) is 3. The molecule has 2 fully saturated rings. The van der Waals surface area contributed by atoms with Crippen LogP contribution in [0.25, 0.3) is 0 Å². The minimum Gasteiger partial charge on any atom is -0.342 e. The Hall–Kier alpha value is -1.40. The molecule has 0 radical (unpaired) electrons. The molecule has 1 atom stereocenters. The van der Waals surface area contributed by atoms with E-state index in [1.807, 2.05) is 24.0 Å². The number of hydrogen-bond donors (Lipinski definition) is 0. The van der Waals surface area contributed by atoms with Crippen LogP contribution in [0.3, 0.4) is 0 Å². The highest BCUT2D eigenvalue weighted by atomic mass is 32.2. The molecular weight excluding hydrogens is 336 g/mol. The summed E-state index contributed by atoms with van der Waals surface area (Å²) in [6.07, 6.45) is 3.62. The van der Waals surface area contributed by atoms with Gasteiger partial charge in [0, 0.05) is 26.2 Å². The van der Waals surface area contributed by atoms with Gasteiger partial charge in [0.15, 0.2) is 0 Å². The maximum absolute atomic E-state index is 12.9. The molecule has 2 aliphatic rings. The number of benzene rings is 1. The van der Waals surface area contributed by atoms with Gasteiger partial charge in [0.1, 0.15) is 0 Å². The molecule has 2 saturated heterocycles. The number of likely N-dealkylation sites (tertiary alicyclic amines) is 1. The Morgan fingerprint density at radius 1 is 1.04 bits per heavy atom. The average Bonchev–Trinajstić information content (AvgIpc) is 2.62. The zero-order valence-electron chi connectivity index (χ0n) is 15.1. The molecule has 0 aliphatic carbocycles. The van der Waals surface area contributed by atoms with Crippen LogP contribution in [0.4, 0.5) is 0 Å². The van der Waals surface area contributed by atoms with Crippen LogP contribution in [0, 0.1) is 18.8 Å². The van der Waals surface area contributed by atoms with E-state index in [1.54, 1.807) is 12.1 Å². The first-order chi connectivity index (χ1) is 11.9. The average molecular weight is 365 g/mol. The predicted octanol–water partition coefficient (Wildman–Crippen LogP) is 2.65. The topological polar surface area (TPSA) is 57.7 Å². The van der Waals surface area contributed by atoms with Crippen molar-refractivity contribution in [1.29, 1.82) is 0 Å². The van der Waals surface area contributed by atoms with E-state index in [0.717, 1.165) is 44.3 Å². The van der Waals surface area contributed by atoms with Crippen LogP contribution in [-0.2, 0) is 14.8 Å². The Morgan fingerprint density at radius 2 is 1.68 bits per heavy atom. The first kappa shape index (κ1) is 18.4. The van der Waals surface area contributed by atoms with Gasteiger partial charge in [-0.15, -0.1) is 0 Å². The minimum atomic E-state index is -3.52. The Labute approximate surface area is 151 Å². The van der Waals surface area contributed by atoms with Crippen LogP contribution in [-0.4, -0.2) is 49.7 Å². The molecule has 2 heterocycles. The van der Waals surface area contributed by atoms with Crippen LogP contribution in [0.5, 0.6) is 0 Å². The number of carbonyl (C=O) groups is 1. The van der Waals surface area contributed by atoms with Crippen molar-refractivity contribution in [2.75, 3.05) is 26.2 Å². The van der Waals surface area contributed by atoms with Crippen LogP contribution in [0.2, 0.25) is 0 Å². The second-order valence-corrected chi connectivity index (χ2v) is 9.46. The standard InChI is InChI=1S/C19H28N2O3S/c1-15-5-7-18(8-6-15)25(23,24)21-11-3-4-17(14-21)19(22)20-12-9-16(2)10-13-20/h5-8,16-17H,3-4,9-14H2,1-2H3. The number of nitrogens with zero attached hydrogens (tertiary/aromatic N) is 2. The highest BCUT2D eigenvalue weighted by Gasteiger charge is 2.35. The molecule has 0 aromatic heterocycles. The molecule has 0 saturated carbocycles. The van der Waals surface area contributed by atoms with Gasteiger partial charge in [0.05, 0.1) is 10.8 Å². The third-order valence-corrected chi connectivity index (χ3v) is 7.37.